The highest BCUT2D eigenvalue weighted by Gasteiger charge is 2.24. The van der Waals surface area contributed by atoms with Crippen molar-refractivity contribution in [2.75, 3.05) is 0 Å². The molecule has 124 valence electrons. The number of nitrogens with zero attached hydrogens (tertiary/aromatic N) is 2. The number of hydrogen-bond acceptors (Lipinski definition) is 4. The summed E-state index contributed by atoms with van der Waals surface area (Å²) >= 11 is 0. The van der Waals surface area contributed by atoms with E-state index in [1.807, 2.05) is 6.07 Å². The normalized spacial score (nSPS) is 11.8. The van der Waals surface area contributed by atoms with Crippen LogP contribution in [0.3, 0.4) is 0 Å². The van der Waals surface area contributed by atoms with E-state index in [0.29, 0.717) is 27.6 Å². The molecule has 1 aromatic heterocycles. The van der Waals surface area contributed by atoms with Crippen LogP contribution in [0.25, 0.3) is 10.9 Å². The van der Waals surface area contributed by atoms with E-state index >= 15 is 0 Å². The summed E-state index contributed by atoms with van der Waals surface area (Å²) in [5.41, 5.74) is 2.18. The SMILES string of the molecule is Cc1cc(C)c2c(ccn2S(=O)(=O)Cc2ccccc2)c1[N+](=O)[O-]. The number of rotatable bonds is 4. The fourth-order valence-electron chi connectivity index (χ4n) is 2.99. The summed E-state index contributed by atoms with van der Waals surface area (Å²) in [7, 11) is -3.68. The van der Waals surface area contributed by atoms with Gasteiger partial charge in [0, 0.05) is 11.8 Å². The maximum absolute atomic E-state index is 12.8. The number of hydrogen-bond donors (Lipinski definition) is 0. The van der Waals surface area contributed by atoms with Crippen LogP contribution >= 0.6 is 0 Å². The Kier molecular flexibility index (Phi) is 3.88. The van der Waals surface area contributed by atoms with Crippen molar-refractivity contribution in [1.82, 2.24) is 3.97 Å². The van der Waals surface area contributed by atoms with Gasteiger partial charge in [0.15, 0.2) is 0 Å². The number of nitro benzene ring substituents is 1. The number of benzene rings is 2. The molecule has 0 bridgehead atoms. The number of fused-ring (bicyclic) bond motifs is 1. The minimum atomic E-state index is -3.68. The zero-order chi connectivity index (χ0) is 17.5. The molecule has 7 heteroatoms. The van der Waals surface area contributed by atoms with E-state index in [4.69, 9.17) is 0 Å². The number of nitro groups is 1. The molecule has 0 aliphatic carbocycles. The molecule has 0 N–H and O–H groups in total. The van der Waals surface area contributed by atoms with Crippen molar-refractivity contribution in [3.8, 4) is 0 Å². The third-order valence-corrected chi connectivity index (χ3v) is 5.56. The molecule has 0 saturated heterocycles. The predicted octanol–water partition coefficient (Wildman–Crippen LogP) is 3.54. The standard InChI is InChI=1S/C17H16N2O4S/c1-12-10-13(2)17(19(20)21)15-8-9-18(16(12)15)24(22,23)11-14-6-4-3-5-7-14/h3-10H,11H2,1-2H3. The molecule has 3 aromatic rings. The van der Waals surface area contributed by atoms with Crippen molar-refractivity contribution < 1.29 is 13.3 Å². The fourth-order valence-corrected chi connectivity index (χ4v) is 4.51. The van der Waals surface area contributed by atoms with Crippen LogP contribution in [-0.4, -0.2) is 17.3 Å². The summed E-state index contributed by atoms with van der Waals surface area (Å²) in [5.74, 6) is -0.168. The largest absolute Gasteiger partial charge is 0.281 e. The first kappa shape index (κ1) is 16.2. The minimum absolute atomic E-state index is 0.0516. The Morgan fingerprint density at radius 3 is 2.38 bits per heavy atom. The highest BCUT2D eigenvalue weighted by molar-refractivity contribution is 7.89. The van der Waals surface area contributed by atoms with Gasteiger partial charge in [-0.1, -0.05) is 30.3 Å². The van der Waals surface area contributed by atoms with Crippen LogP contribution in [0.15, 0.2) is 48.7 Å². The molecule has 0 atom stereocenters. The average molecular weight is 344 g/mol. The summed E-state index contributed by atoms with van der Waals surface area (Å²) in [6, 6.07) is 12.0. The zero-order valence-corrected chi connectivity index (χ0v) is 14.1. The molecule has 6 nitrogen and oxygen atoms in total. The van der Waals surface area contributed by atoms with Crippen LogP contribution in [0.1, 0.15) is 16.7 Å². The average Bonchev–Trinajstić information content (AvgIpc) is 2.93. The van der Waals surface area contributed by atoms with E-state index in [9.17, 15) is 18.5 Å². The van der Waals surface area contributed by atoms with Gasteiger partial charge in [-0.05, 0) is 37.1 Å². The highest BCUT2D eigenvalue weighted by atomic mass is 32.2. The zero-order valence-electron chi connectivity index (χ0n) is 13.3. The van der Waals surface area contributed by atoms with Gasteiger partial charge in [0.05, 0.1) is 21.6 Å². The molecule has 1 heterocycles. The Morgan fingerprint density at radius 2 is 1.75 bits per heavy atom. The molecule has 0 radical (unpaired) electrons. The maximum Gasteiger partial charge on any atom is 0.281 e. The highest BCUT2D eigenvalue weighted by Crippen LogP contribution is 2.33. The van der Waals surface area contributed by atoms with Crippen LogP contribution in [0.4, 0.5) is 5.69 Å². The summed E-state index contributed by atoms with van der Waals surface area (Å²) < 4.78 is 26.7. The summed E-state index contributed by atoms with van der Waals surface area (Å²) in [5, 5.41) is 11.7. The molecular weight excluding hydrogens is 328 g/mol. The van der Waals surface area contributed by atoms with E-state index in [1.54, 1.807) is 44.2 Å². The second kappa shape index (κ2) is 5.76. The third kappa shape index (κ3) is 2.67. The molecule has 3 rings (SSSR count). The van der Waals surface area contributed by atoms with Gasteiger partial charge in [-0.3, -0.25) is 10.1 Å². The van der Waals surface area contributed by atoms with Crippen LogP contribution in [0.2, 0.25) is 0 Å². The lowest BCUT2D eigenvalue weighted by Gasteiger charge is -2.10. The smallest absolute Gasteiger partial charge is 0.258 e. The van der Waals surface area contributed by atoms with Crippen molar-refractivity contribution in [3.63, 3.8) is 0 Å². The van der Waals surface area contributed by atoms with Gasteiger partial charge in [-0.15, -0.1) is 0 Å². The lowest BCUT2D eigenvalue weighted by atomic mass is 10.1. The van der Waals surface area contributed by atoms with Crippen molar-refractivity contribution in [3.05, 3.63) is 75.5 Å². The second-order valence-corrected chi connectivity index (χ2v) is 7.58. The van der Waals surface area contributed by atoms with Crippen molar-refractivity contribution in [2.45, 2.75) is 19.6 Å². The Hall–Kier alpha value is -2.67. The van der Waals surface area contributed by atoms with Gasteiger partial charge in [-0.25, -0.2) is 12.4 Å². The third-order valence-electron chi connectivity index (χ3n) is 3.96. The van der Waals surface area contributed by atoms with E-state index in [2.05, 4.69) is 0 Å². The Bertz CT molecular complexity index is 1040. The fraction of sp³-hybridized carbons (Fsp3) is 0.176. The Balaban J connectivity index is 2.21. The monoisotopic (exact) mass is 344 g/mol. The Labute approximate surface area is 139 Å². The van der Waals surface area contributed by atoms with Crippen molar-refractivity contribution in [2.24, 2.45) is 0 Å². The molecular formula is C17H16N2O4S. The van der Waals surface area contributed by atoms with Crippen LogP contribution in [0, 0.1) is 24.0 Å². The van der Waals surface area contributed by atoms with Crippen molar-refractivity contribution in [1.29, 1.82) is 0 Å². The molecule has 0 saturated carbocycles. The quantitative estimate of drug-likeness (QED) is 0.535. The van der Waals surface area contributed by atoms with E-state index in [-0.39, 0.29) is 11.4 Å². The van der Waals surface area contributed by atoms with Gasteiger partial charge in [0.2, 0.25) is 10.0 Å². The van der Waals surface area contributed by atoms with E-state index < -0.39 is 14.9 Å². The molecule has 0 aliphatic heterocycles. The molecule has 2 aromatic carbocycles. The summed E-state index contributed by atoms with van der Waals surface area (Å²) in [6.45, 7) is 3.41. The first-order valence-corrected chi connectivity index (χ1v) is 8.95. The Morgan fingerprint density at radius 1 is 1.08 bits per heavy atom. The van der Waals surface area contributed by atoms with Crippen LogP contribution in [0.5, 0.6) is 0 Å². The van der Waals surface area contributed by atoms with Crippen LogP contribution in [-0.2, 0) is 15.8 Å². The lowest BCUT2D eigenvalue weighted by Crippen LogP contribution is -2.14. The van der Waals surface area contributed by atoms with Gasteiger partial charge < -0.3 is 0 Å². The minimum Gasteiger partial charge on any atom is -0.258 e. The topological polar surface area (TPSA) is 82.2 Å². The molecule has 0 amide bonds. The molecule has 24 heavy (non-hydrogen) atoms. The predicted molar refractivity (Wildman–Crippen MR) is 92.5 cm³/mol. The van der Waals surface area contributed by atoms with E-state index in [1.165, 1.54) is 12.3 Å². The van der Waals surface area contributed by atoms with Crippen LogP contribution < -0.4 is 0 Å². The molecule has 0 aliphatic rings. The van der Waals surface area contributed by atoms with Gasteiger partial charge in [0.25, 0.3) is 5.69 Å². The maximum atomic E-state index is 12.8. The second-order valence-electron chi connectivity index (χ2n) is 5.73. The summed E-state index contributed by atoms with van der Waals surface area (Å²) in [6.07, 6.45) is 1.39. The molecule has 0 spiro atoms. The molecule has 0 unspecified atom stereocenters. The van der Waals surface area contributed by atoms with Gasteiger partial charge in [-0.2, -0.15) is 0 Å². The van der Waals surface area contributed by atoms with Crippen molar-refractivity contribution >= 4 is 26.6 Å². The van der Waals surface area contributed by atoms with Gasteiger partial charge >= 0.3 is 0 Å². The first-order chi connectivity index (χ1) is 11.3. The summed E-state index contributed by atoms with van der Waals surface area (Å²) in [4.78, 5) is 10.9. The number of aromatic nitrogens is 1. The first-order valence-electron chi connectivity index (χ1n) is 7.34. The van der Waals surface area contributed by atoms with Gasteiger partial charge in [0.1, 0.15) is 0 Å². The number of aryl methyl sites for hydroxylation is 2. The molecule has 0 fully saturated rings. The lowest BCUT2D eigenvalue weighted by molar-refractivity contribution is -0.383. The van der Waals surface area contributed by atoms with E-state index in [0.717, 1.165) is 3.97 Å².